The molecular weight excluding hydrogens is 484 g/mol. The quantitative estimate of drug-likeness (QED) is 0.155. The fourth-order valence-corrected chi connectivity index (χ4v) is 4.23. The molecule has 0 N–H and O–H groups in total. The molecule has 0 saturated carbocycles. The summed E-state index contributed by atoms with van der Waals surface area (Å²) in [7, 11) is 0. The summed E-state index contributed by atoms with van der Waals surface area (Å²) in [5.41, 5.74) is 0.874. The fraction of sp³-hybridized carbons (Fsp3) is 0.333. The lowest BCUT2D eigenvalue weighted by molar-refractivity contribution is -0.207. The molecule has 0 amide bonds. The van der Waals surface area contributed by atoms with Crippen LogP contribution in [-0.2, 0) is 9.47 Å². The third kappa shape index (κ3) is 6.05. The van der Waals surface area contributed by atoms with Gasteiger partial charge in [-0.15, -0.1) is 6.58 Å². The molecule has 0 bridgehead atoms. The van der Waals surface area contributed by atoms with E-state index in [2.05, 4.69) is 6.58 Å². The van der Waals surface area contributed by atoms with Crippen LogP contribution in [0.2, 0.25) is 0 Å². The maximum Gasteiger partial charge on any atom is 0.201 e. The number of benzene rings is 3. The number of unbranched alkanes of at least 4 members (excludes halogenated alkanes) is 1. The summed E-state index contributed by atoms with van der Waals surface area (Å²) in [4.78, 5) is 0. The number of allylic oxidation sites excluding steroid dienone is 1. The highest BCUT2D eigenvalue weighted by Gasteiger charge is 2.28. The molecule has 0 atom stereocenters. The van der Waals surface area contributed by atoms with Crippen LogP contribution in [0.4, 0.5) is 17.6 Å². The molecule has 4 rings (SSSR count). The van der Waals surface area contributed by atoms with Crippen molar-refractivity contribution >= 4 is 0 Å². The third-order valence-corrected chi connectivity index (χ3v) is 6.42. The zero-order valence-electron chi connectivity index (χ0n) is 20.7. The molecule has 37 heavy (non-hydrogen) atoms. The molecule has 3 nitrogen and oxygen atoms in total. The third-order valence-electron chi connectivity index (χ3n) is 6.42. The summed E-state index contributed by atoms with van der Waals surface area (Å²) in [6, 6.07) is 11.9. The largest absolute Gasteiger partial charge is 0.490 e. The predicted octanol–water partition coefficient (Wildman–Crippen LogP) is 8.38. The Labute approximate surface area is 214 Å². The minimum absolute atomic E-state index is 0.00108. The maximum atomic E-state index is 15.0. The van der Waals surface area contributed by atoms with Gasteiger partial charge in [0.2, 0.25) is 5.82 Å². The van der Waals surface area contributed by atoms with E-state index in [1.807, 2.05) is 13.0 Å². The number of rotatable bonds is 10. The van der Waals surface area contributed by atoms with Crippen LogP contribution in [0.25, 0.3) is 22.3 Å². The SMILES string of the molecule is C=CCCC1COC(c2ccc(-c3ccc(-c4ccc(OCCCC)c(F)c4F)cc3)c(F)c2F)OC1. The van der Waals surface area contributed by atoms with Crippen LogP contribution >= 0.6 is 0 Å². The van der Waals surface area contributed by atoms with Crippen LogP contribution < -0.4 is 4.74 Å². The van der Waals surface area contributed by atoms with E-state index < -0.39 is 29.6 Å². The number of ether oxygens (including phenoxy) is 3. The molecular formula is C30H30F4O3. The van der Waals surface area contributed by atoms with Crippen molar-refractivity contribution in [1.82, 2.24) is 0 Å². The second-order valence-corrected chi connectivity index (χ2v) is 9.08. The van der Waals surface area contributed by atoms with Crippen molar-refractivity contribution < 1.29 is 31.8 Å². The topological polar surface area (TPSA) is 27.7 Å². The lowest BCUT2D eigenvalue weighted by Gasteiger charge is -2.29. The summed E-state index contributed by atoms with van der Waals surface area (Å²) in [6.07, 6.45) is 4.15. The Bertz CT molecular complexity index is 1220. The molecule has 196 valence electrons. The van der Waals surface area contributed by atoms with Crippen LogP contribution in [0.3, 0.4) is 0 Å². The van der Waals surface area contributed by atoms with Crippen LogP contribution in [0.15, 0.2) is 61.2 Å². The molecule has 0 spiro atoms. The molecule has 7 heteroatoms. The van der Waals surface area contributed by atoms with Gasteiger partial charge in [-0.3, -0.25) is 0 Å². The first-order valence-electron chi connectivity index (χ1n) is 12.5. The summed E-state index contributed by atoms with van der Waals surface area (Å²) < 4.78 is 75.8. The minimum atomic E-state index is -1.06. The molecule has 1 heterocycles. The van der Waals surface area contributed by atoms with E-state index in [1.54, 1.807) is 0 Å². The molecule has 0 aliphatic carbocycles. The van der Waals surface area contributed by atoms with Gasteiger partial charge in [0.05, 0.1) is 19.8 Å². The van der Waals surface area contributed by atoms with Gasteiger partial charge in [-0.2, -0.15) is 4.39 Å². The Morgan fingerprint density at radius 2 is 1.43 bits per heavy atom. The first-order valence-corrected chi connectivity index (χ1v) is 12.5. The average Bonchev–Trinajstić information content (AvgIpc) is 2.92. The van der Waals surface area contributed by atoms with Crippen molar-refractivity contribution in [3.8, 4) is 28.0 Å². The van der Waals surface area contributed by atoms with Gasteiger partial charge in [-0.25, -0.2) is 13.2 Å². The lowest BCUT2D eigenvalue weighted by atomic mass is 9.98. The molecule has 0 unspecified atom stereocenters. The molecule has 3 aromatic carbocycles. The van der Waals surface area contributed by atoms with Crippen molar-refractivity contribution in [2.24, 2.45) is 5.92 Å². The maximum absolute atomic E-state index is 15.0. The first kappa shape index (κ1) is 26.9. The molecule has 1 saturated heterocycles. The summed E-state index contributed by atoms with van der Waals surface area (Å²) in [5, 5.41) is 0. The Balaban J connectivity index is 1.50. The van der Waals surface area contributed by atoms with Gasteiger partial charge in [0.25, 0.3) is 0 Å². The molecule has 3 aromatic rings. The summed E-state index contributed by atoms with van der Waals surface area (Å²) in [6.45, 7) is 6.76. The van der Waals surface area contributed by atoms with Crippen molar-refractivity contribution in [3.05, 3.63) is 90.0 Å². The van der Waals surface area contributed by atoms with Crippen molar-refractivity contribution in [2.75, 3.05) is 19.8 Å². The fourth-order valence-electron chi connectivity index (χ4n) is 4.23. The molecule has 1 fully saturated rings. The van der Waals surface area contributed by atoms with E-state index >= 15 is 4.39 Å². The van der Waals surface area contributed by atoms with Crippen LogP contribution in [0, 0.1) is 29.2 Å². The van der Waals surface area contributed by atoms with Gasteiger partial charge in [-0.1, -0.05) is 55.8 Å². The van der Waals surface area contributed by atoms with E-state index in [0.717, 1.165) is 25.7 Å². The van der Waals surface area contributed by atoms with Gasteiger partial charge in [-0.05, 0) is 42.5 Å². The van der Waals surface area contributed by atoms with Crippen molar-refractivity contribution in [2.45, 2.75) is 38.9 Å². The van der Waals surface area contributed by atoms with Gasteiger partial charge in [0.1, 0.15) is 0 Å². The van der Waals surface area contributed by atoms with Gasteiger partial charge < -0.3 is 14.2 Å². The van der Waals surface area contributed by atoms with Crippen molar-refractivity contribution in [3.63, 3.8) is 0 Å². The smallest absolute Gasteiger partial charge is 0.201 e. The van der Waals surface area contributed by atoms with E-state index in [1.165, 1.54) is 48.5 Å². The van der Waals surface area contributed by atoms with E-state index in [0.29, 0.717) is 30.9 Å². The Morgan fingerprint density at radius 1 is 0.838 bits per heavy atom. The van der Waals surface area contributed by atoms with Gasteiger partial charge >= 0.3 is 0 Å². The number of halogens is 4. The Hall–Kier alpha value is -3.16. The molecule has 1 aliphatic heterocycles. The molecule has 0 aromatic heterocycles. The van der Waals surface area contributed by atoms with E-state index in [4.69, 9.17) is 14.2 Å². The standard InChI is InChI=1S/C30H30F4O3/c1-3-5-7-19-17-36-30(37-18-19)24-13-12-22(26(31)28(24)33)20-8-10-21(11-9-20)23-14-15-25(29(34)27(23)32)35-16-6-4-2/h3,8-15,19,30H,1,4-7,16-18H2,2H3. The minimum Gasteiger partial charge on any atom is -0.490 e. The first-order chi connectivity index (χ1) is 17.9. The Morgan fingerprint density at radius 3 is 2.03 bits per heavy atom. The Kier molecular flexibility index (Phi) is 9.00. The highest BCUT2D eigenvalue weighted by atomic mass is 19.2. The number of hydrogen-bond acceptors (Lipinski definition) is 3. The average molecular weight is 515 g/mol. The van der Waals surface area contributed by atoms with Crippen LogP contribution in [0.1, 0.15) is 44.5 Å². The second kappa shape index (κ2) is 12.4. The monoisotopic (exact) mass is 514 g/mol. The lowest BCUT2D eigenvalue weighted by Crippen LogP contribution is -2.27. The van der Waals surface area contributed by atoms with Gasteiger partial charge in [0.15, 0.2) is 29.5 Å². The normalized spacial score (nSPS) is 17.5. The second-order valence-electron chi connectivity index (χ2n) is 9.08. The highest BCUT2D eigenvalue weighted by molar-refractivity contribution is 5.71. The van der Waals surface area contributed by atoms with Crippen molar-refractivity contribution in [1.29, 1.82) is 0 Å². The summed E-state index contributed by atoms with van der Waals surface area (Å²) in [5.74, 6) is -4.10. The molecule has 0 radical (unpaired) electrons. The van der Waals surface area contributed by atoms with Crippen LogP contribution in [0.5, 0.6) is 5.75 Å². The zero-order chi connectivity index (χ0) is 26.4. The highest BCUT2D eigenvalue weighted by Crippen LogP contribution is 2.35. The summed E-state index contributed by atoms with van der Waals surface area (Å²) >= 11 is 0. The zero-order valence-corrected chi connectivity index (χ0v) is 20.7. The van der Waals surface area contributed by atoms with Crippen LogP contribution in [-0.4, -0.2) is 19.8 Å². The van der Waals surface area contributed by atoms with Gasteiger partial charge in [0, 0.05) is 22.6 Å². The van der Waals surface area contributed by atoms with E-state index in [-0.39, 0.29) is 28.4 Å². The molecule has 1 aliphatic rings. The predicted molar refractivity (Wildman–Crippen MR) is 135 cm³/mol. The number of hydrogen-bond donors (Lipinski definition) is 0. The van der Waals surface area contributed by atoms with E-state index in [9.17, 15) is 13.2 Å².